The molecule has 37 heavy (non-hydrogen) atoms. The smallest absolute Gasteiger partial charge is 0.330 e. The van der Waals surface area contributed by atoms with Crippen LogP contribution in [0, 0.1) is 5.41 Å². The van der Waals surface area contributed by atoms with Crippen molar-refractivity contribution in [3.05, 3.63) is 59.2 Å². The van der Waals surface area contributed by atoms with Crippen LogP contribution in [0.4, 0.5) is 0 Å². The summed E-state index contributed by atoms with van der Waals surface area (Å²) >= 11 is 0. The lowest BCUT2D eigenvalue weighted by atomic mass is 9.65. The lowest BCUT2D eigenvalue weighted by Gasteiger charge is -2.44. The van der Waals surface area contributed by atoms with Crippen molar-refractivity contribution in [1.29, 1.82) is 0 Å². The number of cyclic esters (lactones) is 2. The van der Waals surface area contributed by atoms with Crippen LogP contribution in [0.1, 0.15) is 56.3 Å². The van der Waals surface area contributed by atoms with Gasteiger partial charge in [0.15, 0.2) is 17.3 Å². The number of hydrogen-bond acceptors (Lipinski definition) is 10. The highest BCUT2D eigenvalue weighted by molar-refractivity contribution is 6.07. The third-order valence-corrected chi connectivity index (χ3v) is 6.98. The van der Waals surface area contributed by atoms with Crippen LogP contribution in [0.15, 0.2) is 47.6 Å². The molecule has 0 aliphatic carbocycles. The van der Waals surface area contributed by atoms with E-state index >= 15 is 0 Å². The molecule has 3 atom stereocenters. The molecule has 5 rings (SSSR count). The standard InChI is InChI=1S/C27H26N2O8/c1-14(30)22-21(16-10-11-19(35-15(2)31)20(12-16)34-5)27(24(32)36-26(3,4)37-25(27)33)23-18-9-7-6-8-17(18)13-28-29(22)23/h6-13,21-23H,1-5H3/t21-,22-,23-/m0/s1. The fourth-order valence-corrected chi connectivity index (χ4v) is 5.65. The van der Waals surface area contributed by atoms with E-state index in [0.717, 1.165) is 0 Å². The molecule has 0 bridgehead atoms. The summed E-state index contributed by atoms with van der Waals surface area (Å²) in [7, 11) is 1.40. The van der Waals surface area contributed by atoms with E-state index in [1.165, 1.54) is 45.9 Å². The number of Topliss-reactive ketones (excluding diaryl/α,β-unsaturated/α-hetero) is 1. The molecule has 0 amide bonds. The number of ether oxygens (including phenoxy) is 4. The maximum Gasteiger partial charge on any atom is 0.330 e. The van der Waals surface area contributed by atoms with Gasteiger partial charge in [-0.2, -0.15) is 5.10 Å². The third kappa shape index (κ3) is 3.58. The Kier molecular flexibility index (Phi) is 5.58. The summed E-state index contributed by atoms with van der Waals surface area (Å²) in [6.07, 6.45) is 1.60. The zero-order valence-electron chi connectivity index (χ0n) is 21.0. The van der Waals surface area contributed by atoms with E-state index < -0.39 is 47.1 Å². The van der Waals surface area contributed by atoms with Gasteiger partial charge in [-0.25, -0.2) is 0 Å². The normalized spacial score (nSPS) is 24.6. The fourth-order valence-electron chi connectivity index (χ4n) is 5.65. The Labute approximate surface area is 213 Å². The third-order valence-electron chi connectivity index (χ3n) is 6.98. The quantitative estimate of drug-likeness (QED) is 0.350. The van der Waals surface area contributed by atoms with Gasteiger partial charge < -0.3 is 18.9 Å². The van der Waals surface area contributed by atoms with Crippen molar-refractivity contribution >= 4 is 29.9 Å². The van der Waals surface area contributed by atoms with E-state index in [2.05, 4.69) is 5.10 Å². The number of ketones is 1. The Bertz CT molecular complexity index is 1340. The molecular formula is C27H26N2O8. The van der Waals surface area contributed by atoms with Crippen molar-refractivity contribution in [1.82, 2.24) is 5.01 Å². The van der Waals surface area contributed by atoms with Crippen LogP contribution in [-0.2, 0) is 28.7 Å². The zero-order valence-corrected chi connectivity index (χ0v) is 21.0. The molecule has 1 spiro atoms. The second-order valence-electron chi connectivity index (χ2n) is 9.74. The molecule has 3 heterocycles. The molecular weight excluding hydrogens is 480 g/mol. The Hall–Kier alpha value is -4.21. The Balaban J connectivity index is 1.79. The maximum atomic E-state index is 14.0. The second-order valence-corrected chi connectivity index (χ2v) is 9.74. The Morgan fingerprint density at radius 1 is 1.00 bits per heavy atom. The van der Waals surface area contributed by atoms with Gasteiger partial charge in [-0.1, -0.05) is 30.3 Å². The summed E-state index contributed by atoms with van der Waals surface area (Å²) in [4.78, 5) is 52.8. The number of benzene rings is 2. The highest BCUT2D eigenvalue weighted by atomic mass is 16.7. The van der Waals surface area contributed by atoms with Crippen molar-refractivity contribution in [3.8, 4) is 11.5 Å². The lowest BCUT2D eigenvalue weighted by Crippen LogP contribution is -2.58. The number of rotatable bonds is 4. The molecule has 0 aromatic heterocycles. The maximum absolute atomic E-state index is 14.0. The lowest BCUT2D eigenvalue weighted by molar-refractivity contribution is -0.254. The zero-order chi connectivity index (χ0) is 26.7. The molecule has 2 fully saturated rings. The van der Waals surface area contributed by atoms with E-state index in [1.54, 1.807) is 30.5 Å². The van der Waals surface area contributed by atoms with Crippen molar-refractivity contribution in [2.45, 2.75) is 51.5 Å². The van der Waals surface area contributed by atoms with Gasteiger partial charge in [0.05, 0.1) is 13.3 Å². The van der Waals surface area contributed by atoms with E-state index in [-0.39, 0.29) is 17.3 Å². The first kappa shape index (κ1) is 24.5. The number of nitrogens with zero attached hydrogens (tertiary/aromatic N) is 2. The van der Waals surface area contributed by atoms with E-state index in [9.17, 15) is 19.2 Å². The van der Waals surface area contributed by atoms with Gasteiger partial charge in [-0.3, -0.25) is 24.2 Å². The summed E-state index contributed by atoms with van der Waals surface area (Å²) in [5.74, 6) is -4.68. The Morgan fingerprint density at radius 3 is 2.30 bits per heavy atom. The van der Waals surface area contributed by atoms with Crippen molar-refractivity contribution in [2.75, 3.05) is 7.11 Å². The van der Waals surface area contributed by atoms with Gasteiger partial charge in [0.1, 0.15) is 12.1 Å². The minimum absolute atomic E-state index is 0.154. The summed E-state index contributed by atoms with van der Waals surface area (Å²) < 4.78 is 22.0. The van der Waals surface area contributed by atoms with Crippen molar-refractivity contribution in [3.63, 3.8) is 0 Å². The topological polar surface area (TPSA) is 121 Å². The molecule has 192 valence electrons. The van der Waals surface area contributed by atoms with Crippen molar-refractivity contribution in [2.24, 2.45) is 10.5 Å². The summed E-state index contributed by atoms with van der Waals surface area (Å²) in [6.45, 7) is 5.60. The number of carbonyl (C=O) groups is 4. The minimum atomic E-state index is -1.96. The van der Waals surface area contributed by atoms with Gasteiger partial charge in [-0.05, 0) is 35.7 Å². The van der Waals surface area contributed by atoms with Crippen LogP contribution >= 0.6 is 0 Å². The largest absolute Gasteiger partial charge is 0.493 e. The van der Waals surface area contributed by atoms with Crippen LogP contribution in [0.2, 0.25) is 0 Å². The van der Waals surface area contributed by atoms with Crippen LogP contribution in [-0.4, -0.2) is 53.9 Å². The molecule has 2 aromatic rings. The van der Waals surface area contributed by atoms with Gasteiger partial charge >= 0.3 is 17.9 Å². The molecule has 0 radical (unpaired) electrons. The predicted molar refractivity (Wildman–Crippen MR) is 129 cm³/mol. The number of hydrogen-bond donors (Lipinski definition) is 0. The molecule has 10 nitrogen and oxygen atoms in total. The molecule has 2 aromatic carbocycles. The van der Waals surface area contributed by atoms with Gasteiger partial charge in [0.2, 0.25) is 5.41 Å². The molecule has 3 aliphatic rings. The minimum Gasteiger partial charge on any atom is -0.493 e. The van der Waals surface area contributed by atoms with Crippen molar-refractivity contribution < 1.29 is 38.1 Å². The number of esters is 3. The first-order chi connectivity index (χ1) is 17.5. The summed E-state index contributed by atoms with van der Waals surface area (Å²) in [5.41, 5.74) is -0.195. The van der Waals surface area contributed by atoms with Gasteiger partial charge in [-0.15, -0.1) is 0 Å². The van der Waals surface area contributed by atoms with Crippen LogP contribution < -0.4 is 9.47 Å². The number of hydrazone groups is 1. The van der Waals surface area contributed by atoms with Gasteiger partial charge in [0.25, 0.3) is 5.79 Å². The van der Waals surface area contributed by atoms with E-state index in [1.807, 2.05) is 12.1 Å². The molecule has 2 saturated heterocycles. The SMILES string of the molecule is COc1cc([C@H]2[C@H](C(C)=O)N3N=Cc4ccccc4[C@H]3C23C(=O)OC(C)(C)OC3=O)ccc1OC(C)=O. The first-order valence-corrected chi connectivity index (χ1v) is 11.8. The first-order valence-electron chi connectivity index (χ1n) is 11.8. The monoisotopic (exact) mass is 506 g/mol. The van der Waals surface area contributed by atoms with Crippen LogP contribution in [0.3, 0.4) is 0 Å². The number of carbonyl (C=O) groups excluding carboxylic acids is 4. The molecule has 0 N–H and O–H groups in total. The molecule has 3 aliphatic heterocycles. The average Bonchev–Trinajstić information content (AvgIpc) is 3.15. The number of methoxy groups -OCH3 is 1. The van der Waals surface area contributed by atoms with E-state index in [4.69, 9.17) is 18.9 Å². The summed E-state index contributed by atoms with van der Waals surface area (Å²) in [5, 5.41) is 6.04. The van der Waals surface area contributed by atoms with Gasteiger partial charge in [0, 0.05) is 26.7 Å². The number of fused-ring (bicyclic) bond motifs is 4. The molecule has 0 unspecified atom stereocenters. The highest BCUT2D eigenvalue weighted by Crippen LogP contribution is 2.63. The second kappa shape index (κ2) is 8.43. The van der Waals surface area contributed by atoms with E-state index in [0.29, 0.717) is 16.7 Å². The van der Waals surface area contributed by atoms with Crippen LogP contribution in [0.25, 0.3) is 0 Å². The summed E-state index contributed by atoms with van der Waals surface area (Å²) in [6, 6.07) is 9.89. The molecule has 0 saturated carbocycles. The fraction of sp³-hybridized carbons (Fsp3) is 0.370. The highest BCUT2D eigenvalue weighted by Gasteiger charge is 2.74. The molecule has 10 heteroatoms. The average molecular weight is 507 g/mol. The Morgan fingerprint density at radius 2 is 1.68 bits per heavy atom. The van der Waals surface area contributed by atoms with Crippen LogP contribution in [0.5, 0.6) is 11.5 Å². The predicted octanol–water partition coefficient (Wildman–Crippen LogP) is 2.89.